The van der Waals surface area contributed by atoms with Crippen LogP contribution in [0.4, 0.5) is 5.69 Å². The molecule has 1 atom stereocenters. The van der Waals surface area contributed by atoms with Crippen LogP contribution in [-0.2, 0) is 19.4 Å². The molecule has 0 radical (unpaired) electrons. The first kappa shape index (κ1) is 39.2. The summed E-state index contributed by atoms with van der Waals surface area (Å²) >= 11 is 1.81. The van der Waals surface area contributed by atoms with E-state index in [1.807, 2.05) is 11.3 Å². The smallest absolute Gasteiger partial charge is 0.0932 e. The van der Waals surface area contributed by atoms with E-state index in [4.69, 9.17) is 9.97 Å². The van der Waals surface area contributed by atoms with E-state index in [1.165, 1.54) is 81.8 Å². The van der Waals surface area contributed by atoms with Crippen LogP contribution in [0, 0.1) is 5.41 Å². The highest BCUT2D eigenvalue weighted by atomic mass is 32.1. The van der Waals surface area contributed by atoms with Crippen LogP contribution in [0.5, 0.6) is 0 Å². The summed E-state index contributed by atoms with van der Waals surface area (Å²) in [6.07, 6.45) is 18.7. The summed E-state index contributed by atoms with van der Waals surface area (Å²) < 4.78 is 2.59. The van der Waals surface area contributed by atoms with Crippen LogP contribution in [0.2, 0.25) is 0 Å². The van der Waals surface area contributed by atoms with Crippen LogP contribution in [0.25, 0.3) is 33.4 Å². The Morgan fingerprint density at radius 2 is 1.83 bits per heavy atom. The highest BCUT2D eigenvalue weighted by Gasteiger charge is 2.32. The van der Waals surface area contributed by atoms with Gasteiger partial charge >= 0.3 is 0 Å². The zero-order valence-electron chi connectivity index (χ0n) is 33.4. The van der Waals surface area contributed by atoms with Gasteiger partial charge in [-0.1, -0.05) is 59.3 Å². The molecule has 0 amide bonds. The number of allylic oxidation sites excluding steroid dienone is 1. The summed E-state index contributed by atoms with van der Waals surface area (Å²) in [6.45, 7) is 25.9. The van der Waals surface area contributed by atoms with Gasteiger partial charge in [-0.2, -0.15) is 0 Å². The maximum absolute atomic E-state index is 5.32. The maximum atomic E-state index is 5.32. The lowest BCUT2D eigenvalue weighted by molar-refractivity contribution is 0.248. The SMILES string of the molecule is C=CCCC(C)(C)Cc1c(-c2cc(N3CCN(C4CC4)CC3)cnc2C(C)CC)n(CC)c2ccc(-c3csc(CCCCCCNNC=C)n3)cc12. The lowest BCUT2D eigenvalue weighted by Gasteiger charge is -2.36. The van der Waals surface area contributed by atoms with Crippen molar-refractivity contribution in [1.82, 2.24) is 30.3 Å². The van der Waals surface area contributed by atoms with Crippen molar-refractivity contribution in [2.24, 2.45) is 5.41 Å². The Morgan fingerprint density at radius 3 is 2.55 bits per heavy atom. The fourth-order valence-corrected chi connectivity index (χ4v) is 9.05. The minimum absolute atomic E-state index is 0.110. The Balaban J connectivity index is 1.36. The molecule has 1 aliphatic carbocycles. The van der Waals surface area contributed by atoms with Gasteiger partial charge in [0.2, 0.25) is 0 Å². The molecule has 3 aromatic heterocycles. The van der Waals surface area contributed by atoms with Gasteiger partial charge in [0.05, 0.1) is 34.0 Å². The molecule has 4 heterocycles. The molecule has 4 aromatic rings. The van der Waals surface area contributed by atoms with Crippen molar-refractivity contribution >= 4 is 27.9 Å². The van der Waals surface area contributed by atoms with Gasteiger partial charge in [0.25, 0.3) is 0 Å². The first-order valence-corrected chi connectivity index (χ1v) is 21.4. The Labute approximate surface area is 324 Å². The number of hydrogen-bond acceptors (Lipinski definition) is 7. The molecule has 1 saturated heterocycles. The van der Waals surface area contributed by atoms with Crippen molar-refractivity contribution in [2.45, 2.75) is 124 Å². The average Bonchev–Trinajstić information content (AvgIpc) is 3.85. The number of nitrogens with zero attached hydrogens (tertiary/aromatic N) is 5. The number of hydrazine groups is 1. The number of aromatic nitrogens is 3. The lowest BCUT2D eigenvalue weighted by Crippen LogP contribution is -2.47. The van der Waals surface area contributed by atoms with Crippen LogP contribution < -0.4 is 15.8 Å². The summed E-state index contributed by atoms with van der Waals surface area (Å²) in [5.41, 5.74) is 16.5. The van der Waals surface area contributed by atoms with Gasteiger partial charge in [0.15, 0.2) is 0 Å². The minimum Gasteiger partial charge on any atom is -0.368 e. The number of benzene rings is 1. The van der Waals surface area contributed by atoms with Crippen molar-refractivity contribution in [3.8, 4) is 22.5 Å². The number of aryl methyl sites for hydroxylation is 2. The summed E-state index contributed by atoms with van der Waals surface area (Å²) in [5.74, 6) is 0.366. The predicted octanol–water partition coefficient (Wildman–Crippen LogP) is 10.5. The van der Waals surface area contributed by atoms with Crippen LogP contribution >= 0.6 is 11.3 Å². The predicted molar refractivity (Wildman–Crippen MR) is 228 cm³/mol. The average molecular weight is 736 g/mol. The summed E-state index contributed by atoms with van der Waals surface area (Å²) in [5, 5.41) is 4.87. The normalized spacial score (nSPS) is 16.0. The van der Waals surface area contributed by atoms with Crippen molar-refractivity contribution in [3.63, 3.8) is 0 Å². The summed E-state index contributed by atoms with van der Waals surface area (Å²) in [4.78, 5) is 15.8. The van der Waals surface area contributed by atoms with Gasteiger partial charge in [-0.25, -0.2) is 10.4 Å². The monoisotopic (exact) mass is 736 g/mol. The topological polar surface area (TPSA) is 61.2 Å². The fourth-order valence-electron chi connectivity index (χ4n) is 8.20. The lowest BCUT2D eigenvalue weighted by atomic mass is 9.80. The third-order valence-corrected chi connectivity index (χ3v) is 12.5. The van der Waals surface area contributed by atoms with E-state index in [0.717, 1.165) is 89.5 Å². The van der Waals surface area contributed by atoms with E-state index in [9.17, 15) is 0 Å². The van der Waals surface area contributed by atoms with Crippen LogP contribution in [0.1, 0.15) is 115 Å². The molecule has 1 aliphatic heterocycles. The van der Waals surface area contributed by atoms with Crippen molar-refractivity contribution in [3.05, 3.63) is 77.5 Å². The summed E-state index contributed by atoms with van der Waals surface area (Å²) in [6, 6.07) is 10.4. The Bertz CT molecular complexity index is 1810. The molecule has 0 bridgehead atoms. The van der Waals surface area contributed by atoms with Crippen molar-refractivity contribution in [1.29, 1.82) is 0 Å². The first-order chi connectivity index (χ1) is 25.8. The number of rotatable bonds is 21. The second kappa shape index (κ2) is 18.2. The summed E-state index contributed by atoms with van der Waals surface area (Å²) in [7, 11) is 0. The van der Waals surface area contributed by atoms with E-state index in [1.54, 1.807) is 6.20 Å². The van der Waals surface area contributed by atoms with Crippen LogP contribution in [0.15, 0.2) is 61.3 Å². The highest BCUT2D eigenvalue weighted by molar-refractivity contribution is 7.09. The van der Waals surface area contributed by atoms with Gasteiger partial charge in [0, 0.05) is 78.9 Å². The molecule has 1 saturated carbocycles. The van der Waals surface area contributed by atoms with Gasteiger partial charge in [-0.3, -0.25) is 9.88 Å². The molecule has 286 valence electrons. The third-order valence-electron chi connectivity index (χ3n) is 11.6. The van der Waals surface area contributed by atoms with Gasteiger partial charge in [-0.15, -0.1) is 17.9 Å². The van der Waals surface area contributed by atoms with Crippen LogP contribution in [0.3, 0.4) is 0 Å². The van der Waals surface area contributed by atoms with E-state index >= 15 is 0 Å². The van der Waals surface area contributed by atoms with Crippen molar-refractivity contribution in [2.75, 3.05) is 37.6 Å². The standard InChI is InChI=1S/C45H65N7S/c1-8-12-22-45(6,7)30-39-37-28-34(40-32-53-42(49-40)17-15-13-14-16-23-48-47-10-3)18-21-41(37)52(11-4)44(39)38-29-36(31-46-43(38)33(5)9-2)51-26-24-50(25-27-51)35-19-20-35/h8,10,18,21,28-29,31-33,35,47-48H,1,3,9,11-17,19-20,22-27,30H2,2,4-7H3. The van der Waals surface area contributed by atoms with E-state index in [-0.39, 0.29) is 5.41 Å². The molecule has 1 aromatic carbocycles. The third kappa shape index (κ3) is 9.62. The minimum atomic E-state index is 0.110. The fraction of sp³-hybridized carbons (Fsp3) is 0.556. The molecular weight excluding hydrogens is 671 g/mol. The number of anilines is 1. The number of hydrogen-bond donors (Lipinski definition) is 2. The van der Waals surface area contributed by atoms with Gasteiger partial charge < -0.3 is 14.9 Å². The molecule has 1 unspecified atom stereocenters. The van der Waals surface area contributed by atoms with Crippen LogP contribution in [-0.4, -0.2) is 58.2 Å². The Morgan fingerprint density at radius 1 is 1.04 bits per heavy atom. The second-order valence-electron chi connectivity index (χ2n) is 16.2. The van der Waals surface area contributed by atoms with E-state index in [0.29, 0.717) is 5.92 Å². The number of thiazole rings is 1. The molecule has 0 spiro atoms. The van der Waals surface area contributed by atoms with Gasteiger partial charge in [0.1, 0.15) is 0 Å². The Kier molecular flexibility index (Phi) is 13.5. The van der Waals surface area contributed by atoms with E-state index < -0.39 is 0 Å². The number of pyridine rings is 1. The molecule has 53 heavy (non-hydrogen) atoms. The molecule has 8 heteroatoms. The number of unbranched alkanes of at least 4 members (excludes halogenated alkanes) is 3. The first-order valence-electron chi connectivity index (χ1n) is 20.6. The number of piperazine rings is 1. The highest BCUT2D eigenvalue weighted by Crippen LogP contribution is 2.44. The number of nitrogens with one attached hydrogen (secondary N) is 2. The zero-order valence-corrected chi connectivity index (χ0v) is 34.2. The quantitative estimate of drug-likeness (QED) is 0.0505. The molecule has 2 aliphatic rings. The molecule has 7 nitrogen and oxygen atoms in total. The number of fused-ring (bicyclic) bond motifs is 1. The van der Waals surface area contributed by atoms with Gasteiger partial charge in [-0.05, 0) is 99.8 Å². The van der Waals surface area contributed by atoms with E-state index in [2.05, 4.69) is 115 Å². The zero-order chi connectivity index (χ0) is 37.4. The maximum Gasteiger partial charge on any atom is 0.0932 e. The molecular formula is C45H65N7S. The molecule has 2 N–H and O–H groups in total. The second-order valence-corrected chi connectivity index (χ2v) is 17.2. The van der Waals surface area contributed by atoms with Crippen molar-refractivity contribution < 1.29 is 0 Å². The largest absolute Gasteiger partial charge is 0.368 e. The molecule has 6 rings (SSSR count). The Hall–Kier alpha value is -3.46. The molecule has 2 fully saturated rings.